The first-order valence-electron chi connectivity index (χ1n) is 8.21. The highest BCUT2D eigenvalue weighted by Gasteiger charge is 2.30. The largest absolute Gasteiger partial charge is 0.494 e. The van der Waals surface area contributed by atoms with E-state index in [-0.39, 0.29) is 23.7 Å². The zero-order valence-corrected chi connectivity index (χ0v) is 13.8. The maximum absolute atomic E-state index is 11.9. The van der Waals surface area contributed by atoms with E-state index in [4.69, 9.17) is 9.84 Å². The van der Waals surface area contributed by atoms with Crippen molar-refractivity contribution in [2.45, 2.75) is 45.1 Å². The van der Waals surface area contributed by atoms with Crippen LogP contribution in [0.5, 0.6) is 5.75 Å². The van der Waals surface area contributed by atoms with Crippen molar-refractivity contribution in [3.63, 3.8) is 0 Å². The standard InChI is InChI=1S/C18H23NO5/c1-12(20)13-4-2-5-16(11-13)24-9-3-6-17(21)19-15-8-7-14(10-15)18(22)23/h2,4-5,11,14-15H,3,6-10H2,1H3,(H,19,21)(H,22,23)/t14-,15+/m0/s1. The second kappa shape index (κ2) is 8.47. The van der Waals surface area contributed by atoms with E-state index in [2.05, 4.69) is 5.32 Å². The number of aliphatic carboxylic acids is 1. The molecule has 1 aliphatic carbocycles. The number of ether oxygens (including phenoxy) is 1. The highest BCUT2D eigenvalue weighted by atomic mass is 16.5. The molecule has 0 aliphatic heterocycles. The monoisotopic (exact) mass is 333 g/mol. The number of benzene rings is 1. The normalized spacial score (nSPS) is 19.7. The van der Waals surface area contributed by atoms with Crippen molar-refractivity contribution in [3.8, 4) is 5.75 Å². The number of hydrogen-bond donors (Lipinski definition) is 2. The van der Waals surface area contributed by atoms with Gasteiger partial charge in [-0.2, -0.15) is 0 Å². The highest BCUT2D eigenvalue weighted by molar-refractivity contribution is 5.94. The number of ketones is 1. The lowest BCUT2D eigenvalue weighted by molar-refractivity contribution is -0.141. The van der Waals surface area contributed by atoms with Crippen molar-refractivity contribution in [1.82, 2.24) is 5.32 Å². The van der Waals surface area contributed by atoms with Gasteiger partial charge < -0.3 is 15.2 Å². The smallest absolute Gasteiger partial charge is 0.306 e. The molecule has 1 amide bonds. The molecule has 1 aromatic carbocycles. The minimum absolute atomic E-state index is 0.0175. The van der Waals surface area contributed by atoms with Gasteiger partial charge in [-0.25, -0.2) is 0 Å². The maximum Gasteiger partial charge on any atom is 0.306 e. The van der Waals surface area contributed by atoms with Crippen LogP contribution >= 0.6 is 0 Å². The van der Waals surface area contributed by atoms with Crippen LogP contribution in [0.3, 0.4) is 0 Å². The molecular weight excluding hydrogens is 310 g/mol. The van der Waals surface area contributed by atoms with E-state index in [0.717, 1.165) is 6.42 Å². The number of carbonyl (C=O) groups excluding carboxylic acids is 2. The number of carbonyl (C=O) groups is 3. The van der Waals surface area contributed by atoms with E-state index in [1.807, 2.05) is 0 Å². The van der Waals surface area contributed by atoms with Crippen LogP contribution in [0.1, 0.15) is 49.4 Å². The van der Waals surface area contributed by atoms with Crippen LogP contribution in [0.25, 0.3) is 0 Å². The molecule has 0 spiro atoms. The summed E-state index contributed by atoms with van der Waals surface area (Å²) in [6.45, 7) is 1.89. The Balaban J connectivity index is 1.65. The number of Topliss-reactive ketones (excluding diaryl/α,β-unsaturated/α-hetero) is 1. The Morgan fingerprint density at radius 3 is 2.75 bits per heavy atom. The van der Waals surface area contributed by atoms with Crippen molar-refractivity contribution in [3.05, 3.63) is 29.8 Å². The van der Waals surface area contributed by atoms with Crippen LogP contribution in [-0.2, 0) is 9.59 Å². The summed E-state index contributed by atoms with van der Waals surface area (Å²) in [5.41, 5.74) is 0.597. The Labute approximate surface area is 141 Å². The summed E-state index contributed by atoms with van der Waals surface area (Å²) in [5, 5.41) is 11.8. The van der Waals surface area contributed by atoms with Gasteiger partial charge >= 0.3 is 5.97 Å². The van der Waals surface area contributed by atoms with Gasteiger partial charge in [-0.3, -0.25) is 14.4 Å². The third-order valence-electron chi connectivity index (χ3n) is 4.20. The summed E-state index contributed by atoms with van der Waals surface area (Å²) in [6.07, 6.45) is 2.74. The predicted octanol–water partition coefficient (Wildman–Crippen LogP) is 2.42. The number of nitrogens with one attached hydrogen (secondary N) is 1. The van der Waals surface area contributed by atoms with Crippen LogP contribution in [0.2, 0.25) is 0 Å². The van der Waals surface area contributed by atoms with Crippen molar-refractivity contribution in [1.29, 1.82) is 0 Å². The van der Waals surface area contributed by atoms with Crippen LogP contribution in [0.4, 0.5) is 0 Å². The molecule has 2 N–H and O–H groups in total. The second-order valence-electron chi connectivity index (χ2n) is 6.15. The lowest BCUT2D eigenvalue weighted by Crippen LogP contribution is -2.33. The van der Waals surface area contributed by atoms with Gasteiger partial charge in [0.25, 0.3) is 0 Å². The van der Waals surface area contributed by atoms with Gasteiger partial charge in [0, 0.05) is 18.0 Å². The van der Waals surface area contributed by atoms with Gasteiger partial charge in [-0.1, -0.05) is 12.1 Å². The quantitative estimate of drug-likeness (QED) is 0.563. The molecule has 1 aromatic rings. The summed E-state index contributed by atoms with van der Waals surface area (Å²) < 4.78 is 5.56. The van der Waals surface area contributed by atoms with Crippen molar-refractivity contribution < 1.29 is 24.2 Å². The number of carboxylic acid groups (broad SMARTS) is 1. The number of rotatable bonds is 8. The molecule has 130 valence electrons. The fourth-order valence-corrected chi connectivity index (χ4v) is 2.86. The zero-order chi connectivity index (χ0) is 17.5. The van der Waals surface area contributed by atoms with E-state index in [9.17, 15) is 14.4 Å². The van der Waals surface area contributed by atoms with Gasteiger partial charge in [0.1, 0.15) is 5.75 Å². The average molecular weight is 333 g/mol. The van der Waals surface area contributed by atoms with E-state index in [0.29, 0.717) is 43.6 Å². The van der Waals surface area contributed by atoms with Crippen LogP contribution < -0.4 is 10.1 Å². The lowest BCUT2D eigenvalue weighted by atomic mass is 10.1. The fraction of sp³-hybridized carbons (Fsp3) is 0.500. The van der Waals surface area contributed by atoms with Crippen molar-refractivity contribution in [2.75, 3.05) is 6.61 Å². The Kier molecular flexibility index (Phi) is 6.35. The molecule has 2 rings (SSSR count). The van der Waals surface area contributed by atoms with Crippen LogP contribution in [0, 0.1) is 5.92 Å². The van der Waals surface area contributed by atoms with Gasteiger partial charge in [0.2, 0.25) is 5.91 Å². The number of carboxylic acids is 1. The molecule has 0 aromatic heterocycles. The minimum Gasteiger partial charge on any atom is -0.494 e. The first-order chi connectivity index (χ1) is 11.5. The Bertz CT molecular complexity index is 613. The third kappa shape index (κ3) is 5.37. The van der Waals surface area contributed by atoms with Crippen LogP contribution in [0.15, 0.2) is 24.3 Å². The van der Waals surface area contributed by atoms with Gasteiger partial charge in [0.15, 0.2) is 5.78 Å². The summed E-state index contributed by atoms with van der Waals surface area (Å²) in [7, 11) is 0. The van der Waals surface area contributed by atoms with E-state index in [1.54, 1.807) is 24.3 Å². The Hall–Kier alpha value is -2.37. The molecule has 0 saturated heterocycles. The highest BCUT2D eigenvalue weighted by Crippen LogP contribution is 2.25. The molecule has 6 heteroatoms. The molecule has 0 radical (unpaired) electrons. The zero-order valence-electron chi connectivity index (χ0n) is 13.8. The van der Waals surface area contributed by atoms with Gasteiger partial charge in [-0.15, -0.1) is 0 Å². The molecule has 0 bridgehead atoms. The SMILES string of the molecule is CC(=O)c1cccc(OCCCC(=O)N[C@@H]2CC[C@H](C(=O)O)C2)c1. The molecule has 1 aliphatic rings. The van der Waals surface area contributed by atoms with Crippen molar-refractivity contribution in [2.24, 2.45) is 5.92 Å². The van der Waals surface area contributed by atoms with E-state index in [1.165, 1.54) is 6.92 Å². The predicted molar refractivity (Wildman–Crippen MR) is 88.1 cm³/mol. The Morgan fingerprint density at radius 1 is 1.29 bits per heavy atom. The summed E-state index contributed by atoms with van der Waals surface area (Å²) in [6, 6.07) is 6.92. The van der Waals surface area contributed by atoms with Gasteiger partial charge in [-0.05, 0) is 44.7 Å². The molecule has 1 saturated carbocycles. The molecule has 24 heavy (non-hydrogen) atoms. The van der Waals surface area contributed by atoms with E-state index < -0.39 is 5.97 Å². The maximum atomic E-state index is 11.9. The molecule has 6 nitrogen and oxygen atoms in total. The lowest BCUT2D eigenvalue weighted by Gasteiger charge is -2.12. The summed E-state index contributed by atoms with van der Waals surface area (Å²) >= 11 is 0. The molecule has 1 fully saturated rings. The third-order valence-corrected chi connectivity index (χ3v) is 4.20. The molecular formula is C18H23NO5. The number of amides is 1. The minimum atomic E-state index is -0.784. The molecule has 0 heterocycles. The summed E-state index contributed by atoms with van der Waals surface area (Å²) in [5.74, 6) is -0.605. The molecule has 0 unspecified atom stereocenters. The summed E-state index contributed by atoms with van der Waals surface area (Å²) in [4.78, 5) is 34.1. The van der Waals surface area contributed by atoms with Crippen molar-refractivity contribution >= 4 is 17.7 Å². The first-order valence-corrected chi connectivity index (χ1v) is 8.21. The second-order valence-corrected chi connectivity index (χ2v) is 6.15. The first kappa shape index (κ1) is 18.0. The fourth-order valence-electron chi connectivity index (χ4n) is 2.86. The number of hydrogen-bond acceptors (Lipinski definition) is 4. The average Bonchev–Trinajstić information content (AvgIpc) is 3.00. The van der Waals surface area contributed by atoms with Gasteiger partial charge in [0.05, 0.1) is 12.5 Å². The van der Waals surface area contributed by atoms with Crippen LogP contribution in [-0.4, -0.2) is 35.4 Å². The Morgan fingerprint density at radius 2 is 2.08 bits per heavy atom. The van der Waals surface area contributed by atoms with E-state index >= 15 is 0 Å². The topological polar surface area (TPSA) is 92.7 Å². The molecule has 2 atom stereocenters.